The van der Waals surface area contributed by atoms with Gasteiger partial charge in [0.05, 0.1) is 0 Å². The summed E-state index contributed by atoms with van der Waals surface area (Å²) in [5.74, 6) is 0. The van der Waals surface area contributed by atoms with E-state index in [1.54, 1.807) is 6.08 Å². The smallest absolute Gasteiger partial charge is 0.0375 e. The van der Waals surface area contributed by atoms with E-state index >= 15 is 0 Å². The van der Waals surface area contributed by atoms with Gasteiger partial charge in [-0.25, -0.2) is 0 Å². The van der Waals surface area contributed by atoms with Crippen molar-refractivity contribution in [2.45, 2.75) is 94.4 Å². The van der Waals surface area contributed by atoms with E-state index < -0.39 is 0 Å². The lowest BCUT2D eigenvalue weighted by molar-refractivity contribution is 0.612. The maximum Gasteiger partial charge on any atom is 0.0375 e. The molecule has 402 valence electrons. The lowest BCUT2D eigenvalue weighted by atomic mass is 9.71. The average molecular weight is 1030 g/mol. The number of hydrogen-bond donors (Lipinski definition) is 0. The molecule has 0 aromatic heterocycles. The summed E-state index contributed by atoms with van der Waals surface area (Å²) in [7, 11) is 0. The first-order chi connectivity index (χ1) is 38.1. The molecule has 0 saturated carbocycles. The van der Waals surface area contributed by atoms with Crippen LogP contribution in [0.5, 0.6) is 0 Å². The number of benzene rings is 7. The van der Waals surface area contributed by atoms with Crippen molar-refractivity contribution in [3.63, 3.8) is 0 Å². The molecule has 0 aliphatic heterocycles. The second-order valence-electron chi connectivity index (χ2n) is 17.6. The molecule has 7 aromatic rings. The topological polar surface area (TPSA) is 0 Å². The van der Waals surface area contributed by atoms with Gasteiger partial charge < -0.3 is 0 Å². The monoisotopic (exact) mass is 1030 g/mol. The lowest BCUT2D eigenvalue weighted by Crippen LogP contribution is -2.24. The molecular formula is C78H90. The summed E-state index contributed by atoms with van der Waals surface area (Å²) in [5, 5.41) is 0. The number of hydrogen-bond acceptors (Lipinski definition) is 0. The third-order valence-electron chi connectivity index (χ3n) is 12.4. The molecule has 0 aliphatic rings. The summed E-state index contributed by atoms with van der Waals surface area (Å²) >= 11 is 0. The van der Waals surface area contributed by atoms with E-state index in [2.05, 4.69) is 267 Å². The van der Waals surface area contributed by atoms with E-state index in [1.165, 1.54) is 66.8 Å². The molecule has 0 fully saturated rings. The van der Waals surface area contributed by atoms with Crippen molar-refractivity contribution in [2.24, 2.45) is 0 Å². The summed E-state index contributed by atoms with van der Waals surface area (Å²) in [6, 6.07) is 66.2. The molecule has 0 nitrogen and oxygen atoms in total. The largest absolute Gasteiger partial charge is 0.0991 e. The molecule has 0 saturated heterocycles. The van der Waals surface area contributed by atoms with E-state index in [0.717, 1.165) is 29.6 Å². The minimum Gasteiger partial charge on any atom is -0.0991 e. The molecular weight excluding hydrogens is 937 g/mol. The van der Waals surface area contributed by atoms with Gasteiger partial charge in [0.15, 0.2) is 0 Å². The minimum absolute atomic E-state index is 0.00146. The first-order valence-electron chi connectivity index (χ1n) is 27.9. The van der Waals surface area contributed by atoms with Crippen LogP contribution in [-0.4, -0.2) is 0 Å². The predicted molar refractivity (Wildman–Crippen MR) is 354 cm³/mol. The zero-order chi connectivity index (χ0) is 57.4. The molecule has 0 aliphatic carbocycles. The van der Waals surface area contributed by atoms with Crippen LogP contribution < -0.4 is 0 Å². The van der Waals surface area contributed by atoms with Crippen molar-refractivity contribution >= 4 is 5.57 Å². The normalized spacial score (nSPS) is 12.0. The predicted octanol–water partition coefficient (Wildman–Crippen LogP) is 23.8. The maximum atomic E-state index is 3.99. The molecule has 0 amide bonds. The highest BCUT2D eigenvalue weighted by atomic mass is 14.3. The Morgan fingerprint density at radius 1 is 0.487 bits per heavy atom. The van der Waals surface area contributed by atoms with Gasteiger partial charge in [0.25, 0.3) is 0 Å². The quantitative estimate of drug-likeness (QED) is 0.0630. The fourth-order valence-electron chi connectivity index (χ4n) is 8.61. The molecule has 0 bridgehead atoms. The molecule has 7 aromatic carbocycles. The molecule has 0 N–H and O–H groups in total. The van der Waals surface area contributed by atoms with Crippen LogP contribution in [0.25, 0.3) is 50.1 Å². The van der Waals surface area contributed by atoms with Gasteiger partial charge in [-0.1, -0.05) is 329 Å². The Hall–Kier alpha value is -8.32. The highest BCUT2D eigenvalue weighted by Crippen LogP contribution is 2.39. The Balaban J connectivity index is 0.000000378. The Morgan fingerprint density at radius 2 is 1.00 bits per heavy atom. The first kappa shape index (κ1) is 65.8. The zero-order valence-electron chi connectivity index (χ0n) is 49.2. The Labute approximate surface area is 474 Å². The molecule has 0 heterocycles. The minimum atomic E-state index is -0.00146. The number of aryl methyl sites for hydroxylation is 1. The van der Waals surface area contributed by atoms with E-state index in [1.807, 2.05) is 102 Å². The van der Waals surface area contributed by atoms with Crippen molar-refractivity contribution in [1.82, 2.24) is 0 Å². The fourth-order valence-corrected chi connectivity index (χ4v) is 8.61. The molecule has 1 unspecified atom stereocenters. The first-order valence-corrected chi connectivity index (χ1v) is 27.9. The third-order valence-corrected chi connectivity index (χ3v) is 12.4. The fraction of sp³-hybridized carbons (Fsp3) is 0.179. The van der Waals surface area contributed by atoms with Crippen LogP contribution in [0.3, 0.4) is 0 Å². The molecule has 0 radical (unpaired) electrons. The second kappa shape index (κ2) is 39.1. The van der Waals surface area contributed by atoms with Crippen LogP contribution in [0.2, 0.25) is 0 Å². The van der Waals surface area contributed by atoms with Gasteiger partial charge in [-0.2, -0.15) is 0 Å². The maximum absolute atomic E-state index is 3.99. The van der Waals surface area contributed by atoms with Gasteiger partial charge in [-0.15, -0.1) is 0 Å². The van der Waals surface area contributed by atoms with Gasteiger partial charge in [0.2, 0.25) is 0 Å². The molecule has 1 atom stereocenters. The molecule has 7 rings (SSSR count). The Bertz CT molecular complexity index is 2980. The van der Waals surface area contributed by atoms with Crippen molar-refractivity contribution in [3.05, 3.63) is 333 Å². The molecule has 0 heteroatoms. The van der Waals surface area contributed by atoms with Crippen molar-refractivity contribution in [2.75, 3.05) is 0 Å². The van der Waals surface area contributed by atoms with Crippen LogP contribution in [0.15, 0.2) is 316 Å². The third kappa shape index (κ3) is 21.4. The van der Waals surface area contributed by atoms with E-state index in [-0.39, 0.29) is 5.41 Å². The van der Waals surface area contributed by atoms with Crippen LogP contribution in [0.1, 0.15) is 98.8 Å². The van der Waals surface area contributed by atoms with E-state index in [0.29, 0.717) is 0 Å². The van der Waals surface area contributed by atoms with Crippen LogP contribution in [0.4, 0.5) is 0 Å². The van der Waals surface area contributed by atoms with Crippen molar-refractivity contribution in [3.8, 4) is 44.5 Å². The van der Waals surface area contributed by atoms with Crippen LogP contribution in [-0.2, 0) is 5.41 Å². The summed E-state index contributed by atoms with van der Waals surface area (Å²) in [5.41, 5.74) is 18.2. The molecule has 0 spiro atoms. The number of rotatable bonds is 17. The summed E-state index contributed by atoms with van der Waals surface area (Å²) < 4.78 is 0. The average Bonchev–Trinajstić information content (AvgIpc) is 3.52. The second-order valence-corrected chi connectivity index (χ2v) is 17.6. The van der Waals surface area contributed by atoms with Crippen LogP contribution >= 0.6 is 0 Å². The van der Waals surface area contributed by atoms with Crippen molar-refractivity contribution in [1.29, 1.82) is 0 Å². The van der Waals surface area contributed by atoms with E-state index in [4.69, 9.17) is 0 Å². The highest BCUT2D eigenvalue weighted by Gasteiger charge is 2.29. The van der Waals surface area contributed by atoms with Gasteiger partial charge in [0, 0.05) is 5.41 Å². The summed E-state index contributed by atoms with van der Waals surface area (Å²) in [4.78, 5) is 0. The summed E-state index contributed by atoms with van der Waals surface area (Å²) in [6.45, 7) is 38.2. The standard InChI is InChI=1S/C31H26.C19H26.C12H10.C12H16.2C2H6/c1-4-12-24(5-2)28-19-23(3)20-29(21-28)31-22-27(25-13-8-6-9-14-25)17-18-30(31)26-15-10-7-11-16-26;1-5-12-17(13-6-2)19(8-4,16-7-3)18-14-10-9-11-15-18;1-3-7-11(8-4-1)12-9-5-2-6-10-12;1-5-7-9-11(3)12(4)10-8-6-2;2*1-2/h4-22H,1-2H2,3H3;5,7,9-16H,6,8H2,1-4H3;1-10H;5-10H,1,3H2,2,4H3;2*1-2H3/b24-12+;12-5+,16-7-,17-13-;;8-6-,9-7-,12-10+;;. The highest BCUT2D eigenvalue weighted by molar-refractivity contribution is 5.89. The SMILES string of the molecule is C/C=C\C(CC)(C(=C\CC)/C=C/C)c1ccccc1.C=C/C=C(\C=C)c1cc(C)cc(-c2cc(-c3ccccc3)ccc2-c2ccccc2)c1.C=C/C=C\C(=C)/C(C)=C/C=C\C.CC.CC.c1ccc(-c2ccccc2)cc1. The van der Waals surface area contributed by atoms with Gasteiger partial charge in [0.1, 0.15) is 0 Å². The van der Waals surface area contributed by atoms with Gasteiger partial charge in [-0.3, -0.25) is 0 Å². The Kier molecular flexibility index (Phi) is 33.0. The van der Waals surface area contributed by atoms with Crippen LogP contribution in [0, 0.1) is 6.92 Å². The zero-order valence-corrected chi connectivity index (χ0v) is 49.2. The number of allylic oxidation sites excluding steroid dienone is 18. The van der Waals surface area contributed by atoms with E-state index in [9.17, 15) is 0 Å². The van der Waals surface area contributed by atoms with Gasteiger partial charge in [-0.05, 0) is 143 Å². The van der Waals surface area contributed by atoms with Gasteiger partial charge >= 0.3 is 0 Å². The summed E-state index contributed by atoms with van der Waals surface area (Å²) in [6.07, 6.45) is 30.7. The Morgan fingerprint density at radius 3 is 1.45 bits per heavy atom. The van der Waals surface area contributed by atoms with Crippen molar-refractivity contribution < 1.29 is 0 Å². The lowest BCUT2D eigenvalue weighted by Gasteiger charge is -2.32. The molecule has 78 heavy (non-hydrogen) atoms.